The van der Waals surface area contributed by atoms with Crippen LogP contribution in [0, 0.1) is 12.8 Å². The van der Waals surface area contributed by atoms with Crippen LogP contribution in [0.5, 0.6) is 0 Å². The highest BCUT2D eigenvalue weighted by Crippen LogP contribution is 2.39. The fraction of sp³-hybridized carbons (Fsp3) is 0.412. The number of hydrogen-bond acceptors (Lipinski definition) is 3. The molecule has 5 nitrogen and oxygen atoms in total. The van der Waals surface area contributed by atoms with E-state index in [1.54, 1.807) is 16.8 Å². The van der Waals surface area contributed by atoms with Gasteiger partial charge in [-0.2, -0.15) is 5.10 Å². The Kier molecular flexibility index (Phi) is 4.17. The molecule has 23 heavy (non-hydrogen) atoms. The van der Waals surface area contributed by atoms with E-state index in [1.165, 1.54) is 0 Å². The number of hydrogen-bond donors (Lipinski definition) is 2. The quantitative estimate of drug-likeness (QED) is 0.884. The summed E-state index contributed by atoms with van der Waals surface area (Å²) in [5.41, 5.74) is 1.29. The van der Waals surface area contributed by atoms with Crippen molar-refractivity contribution in [2.75, 3.05) is 6.61 Å². The van der Waals surface area contributed by atoms with E-state index < -0.39 is 5.54 Å². The van der Waals surface area contributed by atoms with E-state index in [9.17, 15) is 9.90 Å². The lowest BCUT2D eigenvalue weighted by molar-refractivity contribution is 0.0819. The summed E-state index contributed by atoms with van der Waals surface area (Å²) in [6, 6.07) is 9.09. The molecule has 0 bridgehead atoms. The number of nitrogens with zero attached hydrogens (tertiary/aromatic N) is 2. The number of benzene rings is 1. The van der Waals surface area contributed by atoms with Crippen molar-refractivity contribution in [1.82, 2.24) is 15.1 Å². The summed E-state index contributed by atoms with van der Waals surface area (Å²) < 4.78 is 1.66. The Morgan fingerprint density at radius 1 is 1.48 bits per heavy atom. The Labute approximate surface area is 140 Å². The van der Waals surface area contributed by atoms with Gasteiger partial charge < -0.3 is 10.4 Å². The molecule has 2 aromatic rings. The van der Waals surface area contributed by atoms with Gasteiger partial charge in [0.05, 0.1) is 22.9 Å². The molecule has 3 rings (SSSR count). The molecule has 1 aromatic carbocycles. The van der Waals surface area contributed by atoms with Crippen LogP contribution < -0.4 is 5.32 Å². The third-order valence-corrected chi connectivity index (χ3v) is 4.73. The number of aliphatic hydroxyl groups excluding tert-OH is 1. The lowest BCUT2D eigenvalue weighted by atomic mass is 9.97. The van der Waals surface area contributed by atoms with Crippen molar-refractivity contribution in [1.29, 1.82) is 0 Å². The van der Waals surface area contributed by atoms with Crippen LogP contribution in [-0.4, -0.2) is 32.9 Å². The molecule has 1 saturated carbocycles. The first-order chi connectivity index (χ1) is 10.9. The van der Waals surface area contributed by atoms with E-state index in [1.807, 2.05) is 32.0 Å². The first-order valence-corrected chi connectivity index (χ1v) is 8.07. The van der Waals surface area contributed by atoms with Crippen molar-refractivity contribution in [3.05, 3.63) is 46.7 Å². The molecule has 0 saturated heterocycles. The zero-order valence-electron chi connectivity index (χ0n) is 13.2. The minimum Gasteiger partial charge on any atom is -0.394 e. The topological polar surface area (TPSA) is 67.2 Å². The zero-order valence-corrected chi connectivity index (χ0v) is 14.0. The van der Waals surface area contributed by atoms with Gasteiger partial charge in [0.2, 0.25) is 0 Å². The lowest BCUT2D eigenvalue weighted by Gasteiger charge is -2.28. The van der Waals surface area contributed by atoms with Crippen LogP contribution >= 0.6 is 11.6 Å². The Bertz CT molecular complexity index is 739. The molecular formula is C17H20ClN3O2. The number of halogens is 1. The van der Waals surface area contributed by atoms with Crippen molar-refractivity contribution < 1.29 is 9.90 Å². The Morgan fingerprint density at radius 2 is 2.17 bits per heavy atom. The predicted molar refractivity (Wildman–Crippen MR) is 89.0 cm³/mol. The van der Waals surface area contributed by atoms with E-state index in [0.29, 0.717) is 16.6 Å². The van der Waals surface area contributed by atoms with Gasteiger partial charge in [-0.25, -0.2) is 4.68 Å². The molecule has 0 spiro atoms. The van der Waals surface area contributed by atoms with Gasteiger partial charge in [-0.1, -0.05) is 23.7 Å². The van der Waals surface area contributed by atoms with Crippen LogP contribution in [0.1, 0.15) is 35.9 Å². The maximum atomic E-state index is 12.5. The van der Waals surface area contributed by atoms with E-state index in [0.717, 1.165) is 24.2 Å². The number of carbonyl (C=O) groups excluding carboxylic acids is 1. The summed E-state index contributed by atoms with van der Waals surface area (Å²) >= 11 is 6.20. The summed E-state index contributed by atoms with van der Waals surface area (Å²) in [7, 11) is 0. The van der Waals surface area contributed by atoms with Gasteiger partial charge in [0, 0.05) is 5.69 Å². The van der Waals surface area contributed by atoms with Gasteiger partial charge in [0.1, 0.15) is 0 Å². The molecule has 1 heterocycles. The second-order valence-corrected chi connectivity index (χ2v) is 6.75. The highest BCUT2D eigenvalue weighted by atomic mass is 35.5. The maximum absolute atomic E-state index is 12.5. The van der Waals surface area contributed by atoms with E-state index in [2.05, 4.69) is 10.4 Å². The number of aromatic nitrogens is 2. The Balaban J connectivity index is 1.86. The SMILES string of the molecule is Cc1cc(C(=O)NC(C)(CO)C2CC2)nn1-c1ccccc1Cl. The first kappa shape index (κ1) is 16.0. The predicted octanol–water partition coefficient (Wildman–Crippen LogP) is 2.72. The highest BCUT2D eigenvalue weighted by Gasteiger charge is 2.42. The minimum atomic E-state index is -0.584. The van der Waals surface area contributed by atoms with Crippen LogP contribution in [0.2, 0.25) is 5.02 Å². The van der Waals surface area contributed by atoms with Crippen LogP contribution in [0.25, 0.3) is 5.69 Å². The molecular weight excluding hydrogens is 314 g/mol. The Hall–Kier alpha value is -1.85. The maximum Gasteiger partial charge on any atom is 0.272 e. The summed E-state index contributed by atoms with van der Waals surface area (Å²) in [4.78, 5) is 12.5. The largest absolute Gasteiger partial charge is 0.394 e. The highest BCUT2D eigenvalue weighted by molar-refractivity contribution is 6.32. The van der Waals surface area contributed by atoms with Crippen LogP contribution in [0.3, 0.4) is 0 Å². The fourth-order valence-electron chi connectivity index (χ4n) is 2.77. The molecule has 122 valence electrons. The minimum absolute atomic E-state index is 0.0758. The monoisotopic (exact) mass is 333 g/mol. The Morgan fingerprint density at radius 3 is 2.78 bits per heavy atom. The molecule has 1 atom stereocenters. The number of nitrogens with one attached hydrogen (secondary N) is 1. The zero-order chi connectivity index (χ0) is 16.6. The molecule has 6 heteroatoms. The van der Waals surface area contributed by atoms with Crippen molar-refractivity contribution >= 4 is 17.5 Å². The molecule has 1 aliphatic carbocycles. The molecule has 0 radical (unpaired) electrons. The van der Waals surface area contributed by atoms with Gasteiger partial charge in [-0.05, 0) is 50.8 Å². The fourth-order valence-corrected chi connectivity index (χ4v) is 2.98. The summed E-state index contributed by atoms with van der Waals surface area (Å²) in [5.74, 6) is 0.0607. The first-order valence-electron chi connectivity index (χ1n) is 7.69. The van der Waals surface area contributed by atoms with E-state index >= 15 is 0 Å². The third kappa shape index (κ3) is 3.12. The van der Waals surface area contributed by atoms with Crippen molar-refractivity contribution in [2.24, 2.45) is 5.92 Å². The number of aliphatic hydroxyl groups is 1. The molecule has 1 aliphatic rings. The molecule has 1 aromatic heterocycles. The van der Waals surface area contributed by atoms with Crippen LogP contribution in [-0.2, 0) is 0 Å². The number of para-hydroxylation sites is 1. The average molecular weight is 334 g/mol. The van der Waals surface area contributed by atoms with Crippen molar-refractivity contribution in [2.45, 2.75) is 32.2 Å². The average Bonchev–Trinajstić information content (AvgIpc) is 3.31. The smallest absolute Gasteiger partial charge is 0.272 e. The van der Waals surface area contributed by atoms with Crippen LogP contribution in [0.15, 0.2) is 30.3 Å². The molecule has 1 unspecified atom stereocenters. The van der Waals surface area contributed by atoms with Crippen LogP contribution in [0.4, 0.5) is 0 Å². The summed E-state index contributed by atoms with van der Waals surface area (Å²) in [6.07, 6.45) is 2.06. The normalized spacial score (nSPS) is 16.9. The lowest BCUT2D eigenvalue weighted by Crippen LogP contribution is -2.50. The number of carbonyl (C=O) groups is 1. The number of rotatable bonds is 5. The second-order valence-electron chi connectivity index (χ2n) is 6.34. The van der Waals surface area contributed by atoms with Crippen molar-refractivity contribution in [3.63, 3.8) is 0 Å². The summed E-state index contributed by atoms with van der Waals surface area (Å²) in [6.45, 7) is 3.67. The van der Waals surface area contributed by atoms with Gasteiger partial charge >= 0.3 is 0 Å². The standard InChI is InChI=1S/C17H20ClN3O2/c1-11-9-14(16(23)19-17(2,10-22)12-7-8-12)20-21(11)15-6-4-3-5-13(15)18/h3-6,9,12,22H,7-8,10H2,1-2H3,(H,19,23). The number of amides is 1. The van der Waals surface area contributed by atoms with E-state index in [4.69, 9.17) is 11.6 Å². The van der Waals surface area contributed by atoms with Crippen molar-refractivity contribution in [3.8, 4) is 5.69 Å². The number of aryl methyl sites for hydroxylation is 1. The second kappa shape index (κ2) is 5.98. The molecule has 0 aliphatic heterocycles. The molecule has 1 fully saturated rings. The van der Waals surface area contributed by atoms with E-state index in [-0.39, 0.29) is 12.5 Å². The molecule has 2 N–H and O–H groups in total. The van der Waals surface area contributed by atoms with Gasteiger partial charge in [0.25, 0.3) is 5.91 Å². The summed E-state index contributed by atoms with van der Waals surface area (Å²) in [5, 5.41) is 17.5. The molecule has 1 amide bonds. The third-order valence-electron chi connectivity index (χ3n) is 4.41. The van der Waals surface area contributed by atoms with Gasteiger partial charge in [-0.15, -0.1) is 0 Å². The van der Waals surface area contributed by atoms with Gasteiger partial charge in [-0.3, -0.25) is 4.79 Å². The van der Waals surface area contributed by atoms with Gasteiger partial charge in [0.15, 0.2) is 5.69 Å².